The monoisotopic (exact) mass is 455 g/mol. The molecular weight excluding hydrogens is 436 g/mol. The number of halogens is 3. The number of piperidine rings is 1. The lowest BCUT2D eigenvalue weighted by Crippen LogP contribution is -2.41. The summed E-state index contributed by atoms with van der Waals surface area (Å²) in [6.45, 7) is 2.66. The summed E-state index contributed by atoms with van der Waals surface area (Å²) in [4.78, 5) is 6.55. The molecule has 1 fully saturated rings. The van der Waals surface area contributed by atoms with Crippen LogP contribution >= 0.6 is 39.9 Å². The van der Waals surface area contributed by atoms with Gasteiger partial charge in [0.1, 0.15) is 5.82 Å². The van der Waals surface area contributed by atoms with Crippen LogP contribution in [-0.4, -0.2) is 30.5 Å². The van der Waals surface area contributed by atoms with E-state index in [9.17, 15) is 4.39 Å². The summed E-state index contributed by atoms with van der Waals surface area (Å²) in [5, 5.41) is 0. The number of nitrogens with zero attached hydrogens (tertiary/aromatic N) is 2. The van der Waals surface area contributed by atoms with Gasteiger partial charge in [-0.3, -0.25) is 4.99 Å². The number of aliphatic imine (C=N–C) groups is 1. The van der Waals surface area contributed by atoms with E-state index in [1.807, 2.05) is 0 Å². The number of nitrogens with two attached hydrogens (primary N) is 1. The molecule has 1 aliphatic heterocycles. The van der Waals surface area contributed by atoms with E-state index in [1.54, 1.807) is 12.1 Å². The zero-order valence-corrected chi connectivity index (χ0v) is 15.2. The maximum absolute atomic E-state index is 13.1. The summed E-state index contributed by atoms with van der Waals surface area (Å²) in [5.74, 6) is 0.404. The molecule has 0 unspecified atom stereocenters. The van der Waals surface area contributed by atoms with E-state index in [2.05, 4.69) is 25.8 Å². The second-order valence-corrected chi connectivity index (χ2v) is 5.64. The van der Waals surface area contributed by atoms with E-state index in [-0.39, 0.29) is 29.8 Å². The molecule has 20 heavy (non-hydrogen) atoms. The Labute approximate surface area is 145 Å². The molecule has 0 saturated carbocycles. The van der Waals surface area contributed by atoms with Crippen molar-refractivity contribution in [2.24, 2.45) is 10.7 Å². The molecule has 1 aliphatic rings. The topological polar surface area (TPSA) is 41.6 Å². The van der Waals surface area contributed by atoms with Crippen LogP contribution in [0.1, 0.15) is 24.8 Å². The summed E-state index contributed by atoms with van der Waals surface area (Å²) in [6.07, 6.45) is 4.45. The smallest absolute Gasteiger partial charge is 0.191 e. The molecule has 0 atom stereocenters. The predicted octanol–water partition coefficient (Wildman–Crippen LogP) is 3.55. The molecule has 0 amide bonds. The highest BCUT2D eigenvalue weighted by molar-refractivity contribution is 14.0. The Morgan fingerprint density at radius 3 is 2.65 bits per heavy atom. The van der Waals surface area contributed by atoms with Crippen molar-refractivity contribution in [1.82, 2.24) is 4.90 Å². The fourth-order valence-electron chi connectivity index (χ4n) is 2.22. The van der Waals surface area contributed by atoms with Gasteiger partial charge in [-0.15, -0.1) is 24.0 Å². The average molecular weight is 456 g/mol. The molecule has 2 N–H and O–H groups in total. The standard InChI is InChI=1S/C14H19BrFN3.HI/c15-12-10-11(4-5-13(12)16)6-7-18-14(17)19-8-2-1-3-9-19;/h4-5,10H,1-3,6-9H2,(H2,17,18);1H. The van der Waals surface area contributed by atoms with E-state index >= 15 is 0 Å². The molecule has 1 heterocycles. The Morgan fingerprint density at radius 1 is 1.30 bits per heavy atom. The van der Waals surface area contributed by atoms with Gasteiger partial charge >= 0.3 is 0 Å². The Morgan fingerprint density at radius 2 is 2.00 bits per heavy atom. The fourth-order valence-corrected chi connectivity index (χ4v) is 2.64. The van der Waals surface area contributed by atoms with Crippen molar-refractivity contribution < 1.29 is 4.39 Å². The molecule has 1 aromatic carbocycles. The van der Waals surface area contributed by atoms with Crippen LogP contribution in [0.3, 0.4) is 0 Å². The van der Waals surface area contributed by atoms with Gasteiger partial charge < -0.3 is 10.6 Å². The first kappa shape index (κ1) is 17.7. The van der Waals surface area contributed by atoms with Crippen LogP contribution in [0.5, 0.6) is 0 Å². The van der Waals surface area contributed by atoms with Gasteiger partial charge in [-0.2, -0.15) is 0 Å². The van der Waals surface area contributed by atoms with Crippen LogP contribution < -0.4 is 5.73 Å². The van der Waals surface area contributed by atoms with Gasteiger partial charge in [0, 0.05) is 19.6 Å². The molecule has 1 saturated heterocycles. The maximum Gasteiger partial charge on any atom is 0.191 e. The molecule has 0 aliphatic carbocycles. The SMILES string of the molecule is I.NC(=NCCc1ccc(F)c(Br)c1)N1CCCCC1. The number of likely N-dealkylation sites (tertiary alicyclic amines) is 1. The molecule has 0 aromatic heterocycles. The number of guanidine groups is 1. The van der Waals surface area contributed by atoms with Gasteiger partial charge in [0.05, 0.1) is 4.47 Å². The normalized spacial score (nSPS) is 15.9. The molecule has 112 valence electrons. The highest BCUT2D eigenvalue weighted by atomic mass is 127. The first-order valence-electron chi connectivity index (χ1n) is 6.65. The largest absolute Gasteiger partial charge is 0.370 e. The lowest BCUT2D eigenvalue weighted by molar-refractivity contribution is 0.338. The van der Waals surface area contributed by atoms with Crippen molar-refractivity contribution in [2.75, 3.05) is 19.6 Å². The zero-order chi connectivity index (χ0) is 13.7. The molecule has 2 rings (SSSR count). The minimum Gasteiger partial charge on any atom is -0.370 e. The summed E-state index contributed by atoms with van der Waals surface area (Å²) in [7, 11) is 0. The third-order valence-electron chi connectivity index (χ3n) is 3.34. The van der Waals surface area contributed by atoms with Crippen LogP contribution in [0, 0.1) is 5.82 Å². The Hall–Kier alpha value is -0.370. The Balaban J connectivity index is 0.00000200. The van der Waals surface area contributed by atoms with Crippen molar-refractivity contribution in [3.63, 3.8) is 0 Å². The van der Waals surface area contributed by atoms with Gasteiger partial charge in [-0.05, 0) is 59.3 Å². The van der Waals surface area contributed by atoms with Crippen LogP contribution in [-0.2, 0) is 6.42 Å². The Bertz CT molecular complexity index is 462. The quantitative estimate of drug-likeness (QED) is 0.430. The molecule has 0 radical (unpaired) electrons. The molecular formula is C14H20BrFIN3. The molecule has 0 spiro atoms. The fraction of sp³-hybridized carbons (Fsp3) is 0.500. The maximum atomic E-state index is 13.1. The van der Waals surface area contributed by atoms with Crippen molar-refractivity contribution in [3.8, 4) is 0 Å². The van der Waals surface area contributed by atoms with Crippen molar-refractivity contribution in [2.45, 2.75) is 25.7 Å². The van der Waals surface area contributed by atoms with Gasteiger partial charge in [-0.25, -0.2) is 4.39 Å². The van der Waals surface area contributed by atoms with Crippen LogP contribution in [0.25, 0.3) is 0 Å². The number of rotatable bonds is 3. The van der Waals surface area contributed by atoms with Crippen molar-refractivity contribution in [1.29, 1.82) is 0 Å². The lowest BCUT2D eigenvalue weighted by Gasteiger charge is -2.27. The van der Waals surface area contributed by atoms with Gasteiger partial charge in [0.2, 0.25) is 0 Å². The summed E-state index contributed by atoms with van der Waals surface area (Å²) in [5.41, 5.74) is 7.03. The first-order chi connectivity index (χ1) is 9.16. The van der Waals surface area contributed by atoms with E-state index in [0.29, 0.717) is 17.0 Å². The van der Waals surface area contributed by atoms with E-state index in [0.717, 1.165) is 25.1 Å². The van der Waals surface area contributed by atoms with Crippen molar-refractivity contribution in [3.05, 3.63) is 34.1 Å². The minimum atomic E-state index is -0.236. The molecule has 3 nitrogen and oxygen atoms in total. The summed E-state index contributed by atoms with van der Waals surface area (Å²) >= 11 is 3.19. The van der Waals surface area contributed by atoms with Gasteiger partial charge in [0.15, 0.2) is 5.96 Å². The van der Waals surface area contributed by atoms with Gasteiger partial charge in [0.25, 0.3) is 0 Å². The number of benzene rings is 1. The number of hydrogen-bond acceptors (Lipinski definition) is 1. The van der Waals surface area contributed by atoms with E-state index in [1.165, 1.54) is 25.3 Å². The molecule has 6 heteroatoms. The second-order valence-electron chi connectivity index (χ2n) is 4.79. The van der Waals surface area contributed by atoms with Crippen molar-refractivity contribution >= 4 is 45.9 Å². The average Bonchev–Trinajstić information content (AvgIpc) is 2.43. The highest BCUT2D eigenvalue weighted by Crippen LogP contribution is 2.17. The third kappa shape index (κ3) is 5.20. The summed E-state index contributed by atoms with van der Waals surface area (Å²) < 4.78 is 13.6. The van der Waals surface area contributed by atoms with Crippen LogP contribution in [0.2, 0.25) is 0 Å². The third-order valence-corrected chi connectivity index (χ3v) is 3.95. The van der Waals surface area contributed by atoms with E-state index < -0.39 is 0 Å². The highest BCUT2D eigenvalue weighted by Gasteiger charge is 2.11. The molecule has 1 aromatic rings. The predicted molar refractivity (Wildman–Crippen MR) is 95.1 cm³/mol. The zero-order valence-electron chi connectivity index (χ0n) is 11.3. The van der Waals surface area contributed by atoms with Crippen LogP contribution in [0.4, 0.5) is 4.39 Å². The lowest BCUT2D eigenvalue weighted by atomic mass is 10.1. The first-order valence-corrected chi connectivity index (χ1v) is 7.45. The Kier molecular flexibility index (Phi) is 7.79. The summed E-state index contributed by atoms with van der Waals surface area (Å²) in [6, 6.07) is 5.05. The number of hydrogen-bond donors (Lipinski definition) is 1. The second kappa shape index (κ2) is 8.81. The van der Waals surface area contributed by atoms with Crippen LogP contribution in [0.15, 0.2) is 27.7 Å². The van der Waals surface area contributed by atoms with Gasteiger partial charge in [-0.1, -0.05) is 6.07 Å². The van der Waals surface area contributed by atoms with E-state index in [4.69, 9.17) is 5.73 Å². The molecule has 0 bridgehead atoms. The minimum absolute atomic E-state index is 0.